The van der Waals surface area contributed by atoms with Crippen molar-refractivity contribution in [3.63, 3.8) is 0 Å². The van der Waals surface area contributed by atoms with Crippen LogP contribution in [0.15, 0.2) is 18.2 Å². The lowest BCUT2D eigenvalue weighted by atomic mass is 9.77. The molecule has 0 radical (unpaired) electrons. The Morgan fingerprint density at radius 3 is 2.65 bits per heavy atom. The summed E-state index contributed by atoms with van der Waals surface area (Å²) in [6.45, 7) is 4.70. The Balaban J connectivity index is 1.32. The lowest BCUT2D eigenvalue weighted by Crippen LogP contribution is -2.65. The summed E-state index contributed by atoms with van der Waals surface area (Å²) in [6, 6.07) is 6.92. The van der Waals surface area contributed by atoms with Gasteiger partial charge in [-0.25, -0.2) is 0 Å². The van der Waals surface area contributed by atoms with E-state index in [4.69, 9.17) is 0 Å². The average molecular weight is 367 g/mol. The number of hydrogen-bond acceptors (Lipinski definition) is 3. The van der Waals surface area contributed by atoms with Crippen molar-refractivity contribution >= 4 is 27.3 Å². The van der Waals surface area contributed by atoms with Crippen molar-refractivity contribution in [3.8, 4) is 0 Å². The normalized spacial score (nSPS) is 31.5. The van der Waals surface area contributed by atoms with E-state index in [0.29, 0.717) is 17.5 Å². The number of carbonyl (C=O) groups is 1. The second kappa shape index (κ2) is 5.32. The number of aryl methyl sites for hydroxylation is 1. The van der Waals surface area contributed by atoms with Crippen LogP contribution >= 0.6 is 11.3 Å². The predicted molar refractivity (Wildman–Crippen MR) is 106 cm³/mol. The molecule has 3 aliphatic heterocycles. The summed E-state index contributed by atoms with van der Waals surface area (Å²) in [5.74, 6) is 1.57. The van der Waals surface area contributed by atoms with Gasteiger partial charge in [-0.1, -0.05) is 12.1 Å². The molecule has 2 saturated carbocycles. The highest BCUT2D eigenvalue weighted by molar-refractivity contribution is 7.21. The standard InChI is InChI=1S/C22H26N2OS/c1-13-2-3-16-12-17(26-19(16)18(13)14-4-5-14)21(25)23-20-15-6-10-24(11-7-15)22(20)8-9-22/h2-3,12,14-15,20H,4-11H2,1H3,(H,23,25)/t20-/m1/s1. The molecule has 3 saturated heterocycles. The monoisotopic (exact) mass is 366 g/mol. The Morgan fingerprint density at radius 2 is 1.96 bits per heavy atom. The highest BCUT2D eigenvalue weighted by Gasteiger charge is 2.60. The summed E-state index contributed by atoms with van der Waals surface area (Å²) in [4.78, 5) is 16.7. The van der Waals surface area contributed by atoms with Crippen LogP contribution in [0.25, 0.3) is 10.1 Å². The van der Waals surface area contributed by atoms with Gasteiger partial charge in [0.2, 0.25) is 0 Å². The summed E-state index contributed by atoms with van der Waals surface area (Å²) in [5.41, 5.74) is 3.21. The molecule has 1 N–H and O–H groups in total. The molecular formula is C22H26N2OS. The summed E-state index contributed by atoms with van der Waals surface area (Å²) in [7, 11) is 0. The zero-order valence-corrected chi connectivity index (χ0v) is 16.2. The third-order valence-electron chi connectivity index (χ3n) is 7.42. The summed E-state index contributed by atoms with van der Waals surface area (Å²) < 4.78 is 1.35. The summed E-state index contributed by atoms with van der Waals surface area (Å²) >= 11 is 1.72. The van der Waals surface area contributed by atoms with Gasteiger partial charge in [0.1, 0.15) is 0 Å². The van der Waals surface area contributed by atoms with Gasteiger partial charge in [-0.15, -0.1) is 11.3 Å². The van der Waals surface area contributed by atoms with Crippen molar-refractivity contribution in [1.82, 2.24) is 10.2 Å². The molecule has 26 heavy (non-hydrogen) atoms. The molecule has 0 unspecified atom stereocenters. The topological polar surface area (TPSA) is 32.3 Å². The van der Waals surface area contributed by atoms with Crippen molar-refractivity contribution in [3.05, 3.63) is 34.2 Å². The van der Waals surface area contributed by atoms with Crippen molar-refractivity contribution in [2.45, 2.75) is 62.9 Å². The summed E-state index contributed by atoms with van der Waals surface area (Å²) in [6.07, 6.45) is 7.66. The minimum Gasteiger partial charge on any atom is -0.346 e. The van der Waals surface area contributed by atoms with Gasteiger partial charge in [0, 0.05) is 10.2 Å². The molecule has 1 aromatic heterocycles. The second-order valence-corrected chi connectivity index (χ2v) is 10.0. The van der Waals surface area contributed by atoms with Gasteiger partial charge < -0.3 is 5.32 Å². The first kappa shape index (κ1) is 15.6. The van der Waals surface area contributed by atoms with Crippen molar-refractivity contribution in [2.75, 3.05) is 13.1 Å². The molecule has 5 aliphatic rings. The van der Waals surface area contributed by atoms with Crippen LogP contribution in [0.5, 0.6) is 0 Å². The first-order valence-electron chi connectivity index (χ1n) is 10.2. The minimum absolute atomic E-state index is 0.163. The van der Waals surface area contributed by atoms with E-state index in [-0.39, 0.29) is 5.91 Å². The number of carbonyl (C=O) groups excluding carboxylic acids is 1. The maximum atomic E-state index is 13.1. The van der Waals surface area contributed by atoms with E-state index in [2.05, 4.69) is 35.3 Å². The first-order chi connectivity index (χ1) is 12.7. The van der Waals surface area contributed by atoms with E-state index in [1.807, 2.05) is 0 Å². The van der Waals surface area contributed by atoms with Crippen LogP contribution in [0.4, 0.5) is 0 Å². The second-order valence-electron chi connectivity index (χ2n) is 8.98. The third-order valence-corrected chi connectivity index (χ3v) is 8.60. The Labute approximate surface area is 158 Å². The Hall–Kier alpha value is -1.39. The maximum Gasteiger partial charge on any atom is 0.261 e. The van der Waals surface area contributed by atoms with E-state index >= 15 is 0 Å². The molecule has 5 fully saturated rings. The fourth-order valence-electron chi connectivity index (χ4n) is 5.75. The number of rotatable bonds is 3. The van der Waals surface area contributed by atoms with E-state index < -0.39 is 0 Å². The molecule has 1 atom stereocenters. The van der Waals surface area contributed by atoms with Crippen molar-refractivity contribution in [1.29, 1.82) is 0 Å². The van der Waals surface area contributed by atoms with Gasteiger partial charge in [0.15, 0.2) is 0 Å². The number of amides is 1. The molecule has 7 rings (SSSR count). The number of benzene rings is 1. The zero-order valence-electron chi connectivity index (χ0n) is 15.4. The SMILES string of the molecule is Cc1ccc2cc(C(=O)N[C@@H]3C4CCN(CC4)C34CC4)sc2c1C1CC1. The van der Waals surface area contributed by atoms with E-state index in [9.17, 15) is 4.79 Å². The largest absolute Gasteiger partial charge is 0.346 e. The fraction of sp³-hybridized carbons (Fsp3) is 0.591. The lowest BCUT2D eigenvalue weighted by molar-refractivity contribution is -0.00138. The van der Waals surface area contributed by atoms with Crippen molar-refractivity contribution in [2.24, 2.45) is 5.92 Å². The van der Waals surface area contributed by atoms with E-state index in [1.165, 1.54) is 72.8 Å². The molecule has 1 spiro atoms. The van der Waals surface area contributed by atoms with Crippen LogP contribution in [0.3, 0.4) is 0 Å². The average Bonchev–Trinajstić information content (AvgIpc) is 3.57. The van der Waals surface area contributed by atoms with Gasteiger partial charge in [-0.2, -0.15) is 0 Å². The number of hydrogen-bond donors (Lipinski definition) is 1. The number of fused-ring (bicyclic) bond motifs is 3. The molecule has 1 aromatic carbocycles. The Morgan fingerprint density at radius 1 is 1.19 bits per heavy atom. The molecule has 1 amide bonds. The van der Waals surface area contributed by atoms with Gasteiger partial charge in [-0.3, -0.25) is 9.69 Å². The quantitative estimate of drug-likeness (QED) is 0.871. The van der Waals surface area contributed by atoms with Crippen LogP contribution in [-0.4, -0.2) is 35.5 Å². The fourth-order valence-corrected chi connectivity index (χ4v) is 6.99. The number of piperidine rings is 3. The Bertz CT molecular complexity index is 900. The number of nitrogens with one attached hydrogen (secondary N) is 1. The molecule has 3 nitrogen and oxygen atoms in total. The number of nitrogens with zero attached hydrogens (tertiary/aromatic N) is 1. The molecule has 4 heterocycles. The van der Waals surface area contributed by atoms with Crippen LogP contribution in [0.1, 0.15) is 65.2 Å². The van der Waals surface area contributed by atoms with E-state index in [0.717, 1.165) is 10.8 Å². The van der Waals surface area contributed by atoms with Crippen molar-refractivity contribution < 1.29 is 4.79 Å². The summed E-state index contributed by atoms with van der Waals surface area (Å²) in [5, 5.41) is 4.74. The molecular weight excluding hydrogens is 340 g/mol. The smallest absolute Gasteiger partial charge is 0.261 e. The molecule has 2 bridgehead atoms. The van der Waals surface area contributed by atoms with Gasteiger partial charge >= 0.3 is 0 Å². The highest BCUT2D eigenvalue weighted by atomic mass is 32.1. The molecule has 136 valence electrons. The van der Waals surface area contributed by atoms with Gasteiger partial charge in [-0.05, 0) is 93.0 Å². The predicted octanol–water partition coefficient (Wildman–Crippen LogP) is 4.44. The highest BCUT2D eigenvalue weighted by Crippen LogP contribution is 2.54. The molecule has 4 heteroatoms. The lowest BCUT2D eigenvalue weighted by Gasteiger charge is -2.52. The van der Waals surface area contributed by atoms with Crippen LogP contribution in [0, 0.1) is 12.8 Å². The number of thiophene rings is 1. The van der Waals surface area contributed by atoms with Crippen LogP contribution in [-0.2, 0) is 0 Å². The molecule has 2 aliphatic carbocycles. The zero-order chi connectivity index (χ0) is 17.5. The van der Waals surface area contributed by atoms with Gasteiger partial charge in [0.25, 0.3) is 5.91 Å². The first-order valence-corrected chi connectivity index (χ1v) is 11.1. The van der Waals surface area contributed by atoms with Crippen LogP contribution in [0.2, 0.25) is 0 Å². The minimum atomic E-state index is 0.163. The van der Waals surface area contributed by atoms with Crippen LogP contribution < -0.4 is 5.32 Å². The third kappa shape index (κ3) is 2.18. The van der Waals surface area contributed by atoms with E-state index in [1.54, 1.807) is 11.3 Å². The Kier molecular flexibility index (Phi) is 3.20. The molecule has 2 aromatic rings. The van der Waals surface area contributed by atoms with Gasteiger partial charge in [0.05, 0.1) is 10.9 Å². The maximum absolute atomic E-state index is 13.1.